The SMILES string of the molecule is Cc1ccc(NC(C)CCC(C)C)nc1. The van der Waals surface area contributed by atoms with Gasteiger partial charge in [0.2, 0.25) is 0 Å². The maximum Gasteiger partial charge on any atom is 0.126 e. The van der Waals surface area contributed by atoms with E-state index in [0.29, 0.717) is 6.04 Å². The average Bonchev–Trinajstić information content (AvgIpc) is 2.19. The Morgan fingerprint density at radius 2 is 1.93 bits per heavy atom. The lowest BCUT2D eigenvalue weighted by atomic mass is 10.0. The maximum absolute atomic E-state index is 4.33. The molecule has 2 heteroatoms. The monoisotopic (exact) mass is 206 g/mol. The lowest BCUT2D eigenvalue weighted by molar-refractivity contribution is 0.527. The third-order valence-electron chi connectivity index (χ3n) is 2.48. The fourth-order valence-corrected chi connectivity index (χ4v) is 1.46. The zero-order chi connectivity index (χ0) is 11.3. The standard InChI is InChI=1S/C13H22N2/c1-10(2)5-7-12(4)15-13-8-6-11(3)9-14-13/h6,8-10,12H,5,7H2,1-4H3,(H,14,15). The van der Waals surface area contributed by atoms with Gasteiger partial charge in [0.05, 0.1) is 0 Å². The number of nitrogens with one attached hydrogen (secondary N) is 1. The Balaban J connectivity index is 2.37. The molecule has 1 heterocycles. The molecule has 0 aromatic carbocycles. The van der Waals surface area contributed by atoms with Gasteiger partial charge < -0.3 is 5.32 Å². The summed E-state index contributed by atoms with van der Waals surface area (Å²) in [6.07, 6.45) is 4.37. The topological polar surface area (TPSA) is 24.9 Å². The molecule has 0 amide bonds. The second-order valence-electron chi connectivity index (χ2n) is 4.74. The van der Waals surface area contributed by atoms with Crippen LogP contribution in [0.25, 0.3) is 0 Å². The molecule has 84 valence electrons. The minimum absolute atomic E-state index is 0.502. The van der Waals surface area contributed by atoms with E-state index >= 15 is 0 Å². The number of anilines is 1. The van der Waals surface area contributed by atoms with E-state index in [2.05, 4.69) is 44.1 Å². The van der Waals surface area contributed by atoms with Gasteiger partial charge in [0.25, 0.3) is 0 Å². The Hall–Kier alpha value is -1.05. The van der Waals surface area contributed by atoms with Crippen molar-refractivity contribution in [3.05, 3.63) is 23.9 Å². The molecule has 15 heavy (non-hydrogen) atoms. The first-order valence-electron chi connectivity index (χ1n) is 5.77. The molecule has 0 aliphatic carbocycles. The largest absolute Gasteiger partial charge is 0.368 e. The van der Waals surface area contributed by atoms with Gasteiger partial charge in [-0.2, -0.15) is 0 Å². The minimum atomic E-state index is 0.502. The fourth-order valence-electron chi connectivity index (χ4n) is 1.46. The Morgan fingerprint density at radius 1 is 1.20 bits per heavy atom. The highest BCUT2D eigenvalue weighted by Crippen LogP contribution is 2.11. The van der Waals surface area contributed by atoms with Crippen LogP contribution in [0, 0.1) is 12.8 Å². The van der Waals surface area contributed by atoms with E-state index in [4.69, 9.17) is 0 Å². The van der Waals surface area contributed by atoms with E-state index in [1.54, 1.807) is 0 Å². The van der Waals surface area contributed by atoms with Crippen molar-refractivity contribution in [1.82, 2.24) is 4.98 Å². The summed E-state index contributed by atoms with van der Waals surface area (Å²) in [6, 6.07) is 4.63. The molecule has 0 saturated carbocycles. The summed E-state index contributed by atoms with van der Waals surface area (Å²) in [5.74, 6) is 1.76. The van der Waals surface area contributed by atoms with Crippen molar-refractivity contribution in [2.45, 2.75) is 46.6 Å². The fraction of sp³-hybridized carbons (Fsp3) is 0.615. The molecule has 1 aromatic heterocycles. The van der Waals surface area contributed by atoms with E-state index in [0.717, 1.165) is 11.7 Å². The Kier molecular flexibility index (Phi) is 4.60. The van der Waals surface area contributed by atoms with E-state index < -0.39 is 0 Å². The molecule has 2 nitrogen and oxygen atoms in total. The van der Waals surface area contributed by atoms with E-state index in [1.807, 2.05) is 12.3 Å². The van der Waals surface area contributed by atoms with Crippen LogP contribution in [0.5, 0.6) is 0 Å². The molecule has 0 spiro atoms. The first-order chi connectivity index (χ1) is 7.08. The van der Waals surface area contributed by atoms with Crippen LogP contribution in [0.4, 0.5) is 5.82 Å². The number of aryl methyl sites for hydroxylation is 1. The van der Waals surface area contributed by atoms with Crippen molar-refractivity contribution < 1.29 is 0 Å². The molecule has 1 rings (SSSR count). The predicted molar refractivity (Wildman–Crippen MR) is 66.1 cm³/mol. The molecule has 1 unspecified atom stereocenters. The summed E-state index contributed by atoms with van der Waals surface area (Å²) >= 11 is 0. The zero-order valence-electron chi connectivity index (χ0n) is 10.2. The molecule has 1 N–H and O–H groups in total. The van der Waals surface area contributed by atoms with E-state index in [-0.39, 0.29) is 0 Å². The summed E-state index contributed by atoms with van der Waals surface area (Å²) in [5.41, 5.74) is 1.20. The first kappa shape index (κ1) is 12.0. The molecular formula is C13H22N2. The van der Waals surface area contributed by atoms with E-state index in [1.165, 1.54) is 18.4 Å². The van der Waals surface area contributed by atoms with Crippen molar-refractivity contribution >= 4 is 5.82 Å². The summed E-state index contributed by atoms with van der Waals surface area (Å²) in [5, 5.41) is 3.41. The van der Waals surface area contributed by atoms with Gasteiger partial charge in [-0.05, 0) is 44.2 Å². The number of nitrogens with zero attached hydrogens (tertiary/aromatic N) is 1. The first-order valence-corrected chi connectivity index (χ1v) is 5.77. The summed E-state index contributed by atoms with van der Waals surface area (Å²) < 4.78 is 0. The van der Waals surface area contributed by atoms with Crippen LogP contribution in [0.2, 0.25) is 0 Å². The minimum Gasteiger partial charge on any atom is -0.368 e. The molecule has 0 aliphatic rings. The number of rotatable bonds is 5. The molecule has 0 radical (unpaired) electrons. The Morgan fingerprint density at radius 3 is 2.47 bits per heavy atom. The second kappa shape index (κ2) is 5.74. The highest BCUT2D eigenvalue weighted by atomic mass is 15.0. The quantitative estimate of drug-likeness (QED) is 0.795. The molecule has 1 atom stereocenters. The van der Waals surface area contributed by atoms with Crippen LogP contribution in [-0.2, 0) is 0 Å². The van der Waals surface area contributed by atoms with Crippen molar-refractivity contribution in [2.75, 3.05) is 5.32 Å². The van der Waals surface area contributed by atoms with Gasteiger partial charge >= 0.3 is 0 Å². The van der Waals surface area contributed by atoms with Gasteiger partial charge in [-0.15, -0.1) is 0 Å². The normalized spacial score (nSPS) is 12.9. The van der Waals surface area contributed by atoms with Crippen LogP contribution >= 0.6 is 0 Å². The predicted octanol–water partition coefficient (Wildman–Crippen LogP) is 3.63. The van der Waals surface area contributed by atoms with Gasteiger partial charge in [0, 0.05) is 12.2 Å². The highest BCUT2D eigenvalue weighted by molar-refractivity contribution is 5.35. The van der Waals surface area contributed by atoms with Crippen LogP contribution in [-0.4, -0.2) is 11.0 Å². The van der Waals surface area contributed by atoms with Crippen molar-refractivity contribution in [1.29, 1.82) is 0 Å². The van der Waals surface area contributed by atoms with Gasteiger partial charge in [-0.1, -0.05) is 19.9 Å². The summed E-state index contributed by atoms with van der Waals surface area (Å²) in [4.78, 5) is 4.33. The molecule has 0 bridgehead atoms. The summed E-state index contributed by atoms with van der Waals surface area (Å²) in [7, 11) is 0. The van der Waals surface area contributed by atoms with Crippen molar-refractivity contribution in [3.63, 3.8) is 0 Å². The molecular weight excluding hydrogens is 184 g/mol. The highest BCUT2D eigenvalue weighted by Gasteiger charge is 2.03. The van der Waals surface area contributed by atoms with Crippen LogP contribution in [0.3, 0.4) is 0 Å². The van der Waals surface area contributed by atoms with Crippen molar-refractivity contribution in [3.8, 4) is 0 Å². The summed E-state index contributed by atoms with van der Waals surface area (Å²) in [6.45, 7) is 8.79. The van der Waals surface area contributed by atoms with Gasteiger partial charge in [0.15, 0.2) is 0 Å². The number of hydrogen-bond acceptors (Lipinski definition) is 2. The van der Waals surface area contributed by atoms with Gasteiger partial charge in [-0.3, -0.25) is 0 Å². The van der Waals surface area contributed by atoms with Gasteiger partial charge in [-0.25, -0.2) is 4.98 Å². The number of pyridine rings is 1. The van der Waals surface area contributed by atoms with Crippen LogP contribution in [0.1, 0.15) is 39.2 Å². The third kappa shape index (κ3) is 4.82. The Bertz CT molecular complexity index is 277. The second-order valence-corrected chi connectivity index (χ2v) is 4.74. The van der Waals surface area contributed by atoms with Gasteiger partial charge in [0.1, 0.15) is 5.82 Å². The van der Waals surface area contributed by atoms with Crippen LogP contribution < -0.4 is 5.32 Å². The molecule has 0 aliphatic heterocycles. The average molecular weight is 206 g/mol. The molecule has 0 saturated heterocycles. The Labute approximate surface area is 93.1 Å². The molecule has 1 aromatic rings. The lowest BCUT2D eigenvalue weighted by Gasteiger charge is -2.15. The lowest BCUT2D eigenvalue weighted by Crippen LogP contribution is -2.16. The third-order valence-corrected chi connectivity index (χ3v) is 2.48. The maximum atomic E-state index is 4.33. The van der Waals surface area contributed by atoms with Crippen molar-refractivity contribution in [2.24, 2.45) is 5.92 Å². The smallest absolute Gasteiger partial charge is 0.126 e. The zero-order valence-corrected chi connectivity index (χ0v) is 10.2. The van der Waals surface area contributed by atoms with Crippen LogP contribution in [0.15, 0.2) is 18.3 Å². The number of hydrogen-bond donors (Lipinski definition) is 1. The number of aromatic nitrogens is 1. The molecule has 0 fully saturated rings. The van der Waals surface area contributed by atoms with E-state index in [9.17, 15) is 0 Å².